The van der Waals surface area contributed by atoms with E-state index in [0.717, 1.165) is 23.5 Å². The van der Waals surface area contributed by atoms with Gasteiger partial charge in [0.25, 0.3) is 5.91 Å². The standard InChI is InChI=1S/C21H21N3O2S/c1-3-14-5-4-6-17-15(10-23-20(14)17)7-8-22-21(25)16-9-19(26-11-16)18-12-27-13(2)24-18/h4-6,9-12,23H,3,7-8H2,1-2H3,(H,22,25). The molecule has 0 radical (unpaired) electrons. The number of H-pyrrole nitrogens is 1. The number of rotatable bonds is 6. The molecule has 0 aliphatic rings. The van der Waals surface area contributed by atoms with Gasteiger partial charge in [-0.15, -0.1) is 11.3 Å². The van der Waals surface area contributed by atoms with Gasteiger partial charge in [-0.3, -0.25) is 4.79 Å². The van der Waals surface area contributed by atoms with Gasteiger partial charge in [-0.1, -0.05) is 25.1 Å². The van der Waals surface area contributed by atoms with E-state index >= 15 is 0 Å². The van der Waals surface area contributed by atoms with Gasteiger partial charge in [-0.05, 0) is 37.0 Å². The van der Waals surface area contributed by atoms with Crippen LogP contribution in [0.4, 0.5) is 0 Å². The predicted octanol–water partition coefficient (Wildman–Crippen LogP) is 4.73. The highest BCUT2D eigenvalue weighted by Gasteiger charge is 2.13. The third kappa shape index (κ3) is 3.53. The second-order valence-corrected chi connectivity index (χ2v) is 7.53. The highest BCUT2D eigenvalue weighted by molar-refractivity contribution is 7.09. The summed E-state index contributed by atoms with van der Waals surface area (Å²) in [6.07, 6.45) is 5.29. The van der Waals surface area contributed by atoms with Gasteiger partial charge >= 0.3 is 0 Å². The average molecular weight is 379 g/mol. The minimum atomic E-state index is -0.133. The SMILES string of the molecule is CCc1cccc2c(CCNC(=O)c3coc(-c4csc(C)n4)c3)c[nH]c12. The first-order valence-electron chi connectivity index (χ1n) is 9.02. The number of hydrogen-bond donors (Lipinski definition) is 2. The van der Waals surface area contributed by atoms with Crippen LogP contribution in [-0.2, 0) is 12.8 Å². The molecule has 6 heteroatoms. The van der Waals surface area contributed by atoms with Crippen molar-refractivity contribution in [2.45, 2.75) is 26.7 Å². The maximum atomic E-state index is 12.4. The molecule has 1 amide bonds. The Bertz CT molecular complexity index is 1090. The number of hydrogen-bond acceptors (Lipinski definition) is 4. The largest absolute Gasteiger partial charge is 0.462 e. The zero-order valence-corrected chi connectivity index (χ0v) is 16.2. The molecule has 5 nitrogen and oxygen atoms in total. The van der Waals surface area contributed by atoms with Gasteiger partial charge in [0.1, 0.15) is 12.0 Å². The van der Waals surface area contributed by atoms with Crippen LogP contribution in [0.15, 0.2) is 46.5 Å². The van der Waals surface area contributed by atoms with Crippen LogP contribution in [0.1, 0.15) is 33.4 Å². The zero-order chi connectivity index (χ0) is 18.8. The molecule has 27 heavy (non-hydrogen) atoms. The van der Waals surface area contributed by atoms with Crippen molar-refractivity contribution in [3.05, 3.63) is 63.8 Å². The molecule has 1 aromatic carbocycles. The van der Waals surface area contributed by atoms with E-state index < -0.39 is 0 Å². The summed E-state index contributed by atoms with van der Waals surface area (Å²) in [6, 6.07) is 8.10. The molecule has 4 aromatic rings. The number of amides is 1. The number of carbonyl (C=O) groups is 1. The molecule has 0 atom stereocenters. The predicted molar refractivity (Wildman–Crippen MR) is 108 cm³/mol. The Balaban J connectivity index is 1.40. The Morgan fingerprint density at radius 3 is 3.00 bits per heavy atom. The topological polar surface area (TPSA) is 70.9 Å². The van der Waals surface area contributed by atoms with Crippen LogP contribution in [0.2, 0.25) is 0 Å². The molecule has 0 unspecified atom stereocenters. The number of nitrogens with one attached hydrogen (secondary N) is 2. The Morgan fingerprint density at radius 1 is 1.33 bits per heavy atom. The number of benzene rings is 1. The number of furan rings is 1. The fraction of sp³-hybridized carbons (Fsp3) is 0.238. The van der Waals surface area contributed by atoms with Crippen LogP contribution in [0.3, 0.4) is 0 Å². The lowest BCUT2D eigenvalue weighted by molar-refractivity contribution is 0.0953. The molecule has 0 saturated carbocycles. The van der Waals surface area contributed by atoms with Gasteiger partial charge in [0.05, 0.1) is 10.6 Å². The summed E-state index contributed by atoms with van der Waals surface area (Å²) >= 11 is 1.56. The quantitative estimate of drug-likeness (QED) is 0.509. The van der Waals surface area contributed by atoms with Crippen molar-refractivity contribution in [3.63, 3.8) is 0 Å². The molecular weight excluding hydrogens is 358 g/mol. The van der Waals surface area contributed by atoms with E-state index in [9.17, 15) is 4.79 Å². The minimum absolute atomic E-state index is 0.133. The van der Waals surface area contributed by atoms with Gasteiger partial charge in [-0.25, -0.2) is 4.98 Å². The van der Waals surface area contributed by atoms with Crippen molar-refractivity contribution in [3.8, 4) is 11.5 Å². The molecule has 3 aromatic heterocycles. The van der Waals surface area contributed by atoms with E-state index in [2.05, 4.69) is 40.4 Å². The molecule has 0 bridgehead atoms. The number of thiazole rings is 1. The second-order valence-electron chi connectivity index (χ2n) is 6.46. The Hall–Kier alpha value is -2.86. The minimum Gasteiger partial charge on any atom is -0.462 e. The van der Waals surface area contributed by atoms with E-state index in [1.54, 1.807) is 17.4 Å². The van der Waals surface area contributed by atoms with Crippen molar-refractivity contribution in [2.24, 2.45) is 0 Å². The number of aromatic nitrogens is 2. The number of carbonyl (C=O) groups excluding carboxylic acids is 1. The van der Waals surface area contributed by atoms with E-state index in [-0.39, 0.29) is 5.91 Å². The fourth-order valence-corrected chi connectivity index (χ4v) is 3.86. The first-order valence-corrected chi connectivity index (χ1v) is 9.90. The number of nitrogens with zero attached hydrogens (tertiary/aromatic N) is 1. The van der Waals surface area contributed by atoms with Crippen LogP contribution in [0, 0.1) is 6.92 Å². The third-order valence-corrected chi connectivity index (χ3v) is 5.45. The molecule has 0 aliphatic carbocycles. The Morgan fingerprint density at radius 2 is 2.22 bits per heavy atom. The summed E-state index contributed by atoms with van der Waals surface area (Å²) in [6.45, 7) is 4.67. The van der Waals surface area contributed by atoms with Gasteiger partial charge in [-0.2, -0.15) is 0 Å². The summed E-state index contributed by atoms with van der Waals surface area (Å²) in [5.41, 5.74) is 5.00. The molecule has 3 heterocycles. The normalized spacial score (nSPS) is 11.2. The molecule has 0 saturated heterocycles. The third-order valence-electron chi connectivity index (χ3n) is 4.68. The van der Waals surface area contributed by atoms with Crippen molar-refractivity contribution in [2.75, 3.05) is 6.54 Å². The summed E-state index contributed by atoms with van der Waals surface area (Å²) in [5, 5.41) is 7.10. The molecule has 2 N–H and O–H groups in total. The number of fused-ring (bicyclic) bond motifs is 1. The molecular formula is C21H21N3O2S. The van der Waals surface area contributed by atoms with Crippen molar-refractivity contribution >= 4 is 28.1 Å². The molecule has 0 fully saturated rings. The van der Waals surface area contributed by atoms with Crippen molar-refractivity contribution in [1.82, 2.24) is 15.3 Å². The Labute approximate surface area is 161 Å². The first kappa shape index (κ1) is 17.5. The van der Waals surface area contributed by atoms with Crippen LogP contribution >= 0.6 is 11.3 Å². The van der Waals surface area contributed by atoms with E-state index in [1.807, 2.05) is 18.5 Å². The Kier molecular flexibility index (Phi) is 4.81. The lowest BCUT2D eigenvalue weighted by Crippen LogP contribution is -2.25. The van der Waals surface area contributed by atoms with Crippen LogP contribution < -0.4 is 5.32 Å². The molecule has 0 spiro atoms. The van der Waals surface area contributed by atoms with Crippen LogP contribution in [0.5, 0.6) is 0 Å². The van der Waals surface area contributed by atoms with Gasteiger partial charge < -0.3 is 14.7 Å². The summed E-state index contributed by atoms with van der Waals surface area (Å²) in [5.74, 6) is 0.485. The smallest absolute Gasteiger partial charge is 0.254 e. The van der Waals surface area contributed by atoms with Crippen LogP contribution in [0.25, 0.3) is 22.4 Å². The molecule has 138 valence electrons. The first-order chi connectivity index (χ1) is 13.2. The maximum Gasteiger partial charge on any atom is 0.254 e. The lowest BCUT2D eigenvalue weighted by atomic mass is 10.1. The average Bonchev–Trinajstić information content (AvgIpc) is 3.40. The monoisotopic (exact) mass is 379 g/mol. The van der Waals surface area contributed by atoms with Gasteiger partial charge in [0, 0.05) is 29.0 Å². The van der Waals surface area contributed by atoms with E-state index in [1.165, 1.54) is 28.3 Å². The zero-order valence-electron chi connectivity index (χ0n) is 15.3. The number of para-hydroxylation sites is 1. The lowest BCUT2D eigenvalue weighted by Gasteiger charge is -2.04. The summed E-state index contributed by atoms with van der Waals surface area (Å²) in [4.78, 5) is 20.1. The second kappa shape index (κ2) is 7.40. The number of aryl methyl sites for hydroxylation is 2. The summed E-state index contributed by atoms with van der Waals surface area (Å²) < 4.78 is 5.50. The molecule has 4 rings (SSSR count). The fourth-order valence-electron chi connectivity index (χ4n) is 3.26. The summed E-state index contributed by atoms with van der Waals surface area (Å²) in [7, 11) is 0. The van der Waals surface area contributed by atoms with Crippen molar-refractivity contribution < 1.29 is 9.21 Å². The highest BCUT2D eigenvalue weighted by Crippen LogP contribution is 2.24. The van der Waals surface area contributed by atoms with Gasteiger partial charge in [0.15, 0.2) is 5.76 Å². The van der Waals surface area contributed by atoms with Gasteiger partial charge in [0.2, 0.25) is 0 Å². The van der Waals surface area contributed by atoms with E-state index in [4.69, 9.17) is 4.42 Å². The highest BCUT2D eigenvalue weighted by atomic mass is 32.1. The van der Waals surface area contributed by atoms with Crippen LogP contribution in [-0.4, -0.2) is 22.4 Å². The maximum absolute atomic E-state index is 12.4. The molecule has 0 aliphatic heterocycles. The number of aromatic amines is 1. The van der Waals surface area contributed by atoms with Crippen molar-refractivity contribution in [1.29, 1.82) is 0 Å². The van der Waals surface area contributed by atoms with E-state index in [0.29, 0.717) is 17.9 Å².